The number of carbonyl (C=O) groups excluding carboxylic acids is 1. The van der Waals surface area contributed by atoms with Crippen LogP contribution in [-0.2, 0) is 6.42 Å². The molecule has 158 valence electrons. The number of hydrogen-bond acceptors (Lipinski definition) is 4. The Morgan fingerprint density at radius 2 is 1.77 bits per heavy atom. The number of esters is 1. The van der Waals surface area contributed by atoms with Crippen LogP contribution in [0.5, 0.6) is 5.75 Å². The minimum atomic E-state index is -1.33. The van der Waals surface area contributed by atoms with Gasteiger partial charge in [-0.2, -0.15) is 4.99 Å². The summed E-state index contributed by atoms with van der Waals surface area (Å²) >= 11 is 4.41. The van der Waals surface area contributed by atoms with Gasteiger partial charge in [-0.25, -0.2) is 18.0 Å². The number of carbonyl (C=O) groups is 1. The van der Waals surface area contributed by atoms with Crippen LogP contribution >= 0.6 is 12.2 Å². The molecule has 0 N–H and O–H groups in total. The average molecular weight is 441 g/mol. The van der Waals surface area contributed by atoms with Gasteiger partial charge in [0.15, 0.2) is 17.5 Å². The Morgan fingerprint density at radius 3 is 2.42 bits per heavy atom. The van der Waals surface area contributed by atoms with Gasteiger partial charge in [0.1, 0.15) is 11.4 Å². The number of rotatable bonds is 7. The topological polar surface area (TPSA) is 38.7 Å². The van der Waals surface area contributed by atoms with Crippen molar-refractivity contribution in [3.8, 4) is 16.9 Å². The van der Waals surface area contributed by atoms with Crippen LogP contribution in [0.15, 0.2) is 59.6 Å². The maximum Gasteiger partial charge on any atom is 0.346 e. The summed E-state index contributed by atoms with van der Waals surface area (Å²) in [6.07, 6.45) is 3.03. The van der Waals surface area contributed by atoms with Crippen molar-refractivity contribution in [2.24, 2.45) is 4.99 Å². The van der Waals surface area contributed by atoms with Crippen LogP contribution in [0, 0.1) is 17.5 Å². The van der Waals surface area contributed by atoms with Gasteiger partial charge in [-0.15, -0.1) is 0 Å². The molecular formula is C24H18F3NO2S. The van der Waals surface area contributed by atoms with Gasteiger partial charge in [0.2, 0.25) is 0 Å². The molecule has 0 saturated heterocycles. The van der Waals surface area contributed by atoms with Crippen LogP contribution in [0.1, 0.15) is 35.7 Å². The number of hydrogen-bond donors (Lipinski definition) is 0. The molecule has 0 radical (unpaired) electrons. The molecule has 0 aromatic heterocycles. The zero-order valence-corrected chi connectivity index (χ0v) is 17.4. The first-order chi connectivity index (χ1) is 14.9. The van der Waals surface area contributed by atoms with Crippen molar-refractivity contribution in [2.45, 2.75) is 26.2 Å². The van der Waals surface area contributed by atoms with E-state index < -0.39 is 29.0 Å². The molecule has 0 unspecified atom stereocenters. The first-order valence-electron chi connectivity index (χ1n) is 9.61. The Hall–Kier alpha value is -3.28. The van der Waals surface area contributed by atoms with Gasteiger partial charge >= 0.3 is 5.97 Å². The average Bonchev–Trinajstić information content (AvgIpc) is 2.76. The van der Waals surface area contributed by atoms with Crippen LogP contribution < -0.4 is 4.74 Å². The lowest BCUT2D eigenvalue weighted by molar-refractivity contribution is 0.0728. The lowest BCUT2D eigenvalue weighted by Crippen LogP contribution is -2.12. The molecule has 3 aromatic rings. The lowest BCUT2D eigenvalue weighted by atomic mass is 10.00. The number of aryl methyl sites for hydroxylation is 1. The van der Waals surface area contributed by atoms with Crippen molar-refractivity contribution in [1.82, 2.24) is 0 Å². The lowest BCUT2D eigenvalue weighted by Gasteiger charge is -2.10. The maximum absolute atomic E-state index is 14.7. The summed E-state index contributed by atoms with van der Waals surface area (Å²) in [6.45, 7) is 2.10. The second kappa shape index (κ2) is 10.2. The molecule has 0 atom stereocenters. The number of benzene rings is 3. The molecule has 0 aliphatic carbocycles. The molecule has 7 heteroatoms. The van der Waals surface area contributed by atoms with Gasteiger partial charge in [-0.1, -0.05) is 43.7 Å². The van der Waals surface area contributed by atoms with E-state index in [0.29, 0.717) is 5.56 Å². The Kier molecular flexibility index (Phi) is 7.34. The van der Waals surface area contributed by atoms with E-state index in [0.717, 1.165) is 37.0 Å². The number of ether oxygens (including phenoxy) is 1. The van der Waals surface area contributed by atoms with E-state index in [9.17, 15) is 18.0 Å². The van der Waals surface area contributed by atoms with Crippen molar-refractivity contribution in [1.29, 1.82) is 0 Å². The molecule has 3 aromatic carbocycles. The highest BCUT2D eigenvalue weighted by Gasteiger charge is 2.21. The first kappa shape index (κ1) is 22.4. The van der Waals surface area contributed by atoms with Crippen LogP contribution in [0.4, 0.5) is 18.9 Å². The predicted molar refractivity (Wildman–Crippen MR) is 116 cm³/mol. The quantitative estimate of drug-likeness (QED) is 0.170. The highest BCUT2D eigenvalue weighted by Crippen LogP contribution is 2.28. The van der Waals surface area contributed by atoms with Gasteiger partial charge in [0, 0.05) is 11.6 Å². The summed E-state index contributed by atoms with van der Waals surface area (Å²) in [5, 5.41) is 2.02. The second-order valence-corrected chi connectivity index (χ2v) is 6.98. The van der Waals surface area contributed by atoms with Crippen molar-refractivity contribution < 1.29 is 22.7 Å². The van der Waals surface area contributed by atoms with Crippen molar-refractivity contribution >= 4 is 29.0 Å². The molecule has 0 aliphatic rings. The molecular weight excluding hydrogens is 423 g/mol. The standard InChI is InChI=1S/C24H18F3NO2S/c1-2-3-4-15-5-7-16(8-6-15)18-10-11-19(23(27)22(18)26)24(29)30-17-9-12-21(28-14-31)20(25)13-17/h5-13H,2-4H2,1H3. The number of halogens is 3. The van der Waals surface area contributed by atoms with Crippen molar-refractivity contribution in [2.75, 3.05) is 0 Å². The molecule has 0 saturated carbocycles. The van der Waals surface area contributed by atoms with E-state index in [2.05, 4.69) is 24.1 Å². The first-order valence-corrected chi connectivity index (χ1v) is 10.0. The number of unbranched alkanes of at least 4 members (excludes halogenated alkanes) is 1. The predicted octanol–water partition coefficient (Wildman–Crippen LogP) is 7.07. The van der Waals surface area contributed by atoms with Crippen LogP contribution in [0.3, 0.4) is 0 Å². The number of thiocarbonyl (C=S) groups is 1. The summed E-state index contributed by atoms with van der Waals surface area (Å²) in [4.78, 5) is 15.8. The number of aliphatic imine (C=N–C) groups is 1. The Labute approximate surface area is 183 Å². The molecule has 3 rings (SSSR count). The van der Waals surface area contributed by atoms with E-state index in [1.807, 2.05) is 17.3 Å². The Morgan fingerprint density at radius 1 is 1.03 bits per heavy atom. The van der Waals surface area contributed by atoms with E-state index in [4.69, 9.17) is 4.74 Å². The highest BCUT2D eigenvalue weighted by atomic mass is 32.1. The second-order valence-electron chi connectivity index (χ2n) is 6.79. The van der Waals surface area contributed by atoms with E-state index in [1.54, 1.807) is 12.1 Å². The molecule has 31 heavy (non-hydrogen) atoms. The highest BCUT2D eigenvalue weighted by molar-refractivity contribution is 7.78. The number of isothiocyanates is 1. The molecule has 0 amide bonds. The monoisotopic (exact) mass is 441 g/mol. The summed E-state index contributed by atoms with van der Waals surface area (Å²) in [6, 6.07) is 13.0. The SMILES string of the molecule is CCCCc1ccc(-c2ccc(C(=O)Oc3ccc(N=C=S)c(F)c3)c(F)c2F)cc1. The third-order valence-electron chi connectivity index (χ3n) is 4.68. The minimum Gasteiger partial charge on any atom is -0.423 e. The summed E-state index contributed by atoms with van der Waals surface area (Å²) in [5.74, 6) is -4.62. The normalized spacial score (nSPS) is 10.5. The van der Waals surface area contributed by atoms with E-state index >= 15 is 0 Å². The summed E-state index contributed by atoms with van der Waals surface area (Å²) in [5.41, 5.74) is 0.957. The third kappa shape index (κ3) is 5.26. The van der Waals surface area contributed by atoms with Gasteiger partial charge in [-0.05, 0) is 54.4 Å². The van der Waals surface area contributed by atoms with Gasteiger partial charge in [0.25, 0.3) is 0 Å². The Bertz CT molecular complexity index is 1160. The van der Waals surface area contributed by atoms with E-state index in [1.165, 1.54) is 18.2 Å². The van der Waals surface area contributed by atoms with Crippen molar-refractivity contribution in [3.63, 3.8) is 0 Å². The van der Waals surface area contributed by atoms with E-state index in [-0.39, 0.29) is 17.0 Å². The molecule has 0 aliphatic heterocycles. The van der Waals surface area contributed by atoms with Gasteiger partial charge in [0.05, 0.1) is 10.7 Å². The molecule has 0 spiro atoms. The third-order valence-corrected chi connectivity index (χ3v) is 4.77. The maximum atomic E-state index is 14.7. The summed E-state index contributed by atoms with van der Waals surface area (Å²) in [7, 11) is 0. The van der Waals surface area contributed by atoms with Crippen LogP contribution in [0.2, 0.25) is 0 Å². The molecule has 0 fully saturated rings. The van der Waals surface area contributed by atoms with Crippen molar-refractivity contribution in [3.05, 3.63) is 83.2 Å². The molecule has 0 bridgehead atoms. The number of nitrogens with zero attached hydrogens (tertiary/aromatic N) is 1. The van der Waals surface area contributed by atoms with Crippen LogP contribution in [0.25, 0.3) is 11.1 Å². The molecule has 0 heterocycles. The fraction of sp³-hybridized carbons (Fsp3) is 0.167. The van der Waals surface area contributed by atoms with Gasteiger partial charge < -0.3 is 4.74 Å². The molecule has 3 nitrogen and oxygen atoms in total. The Balaban J connectivity index is 1.82. The van der Waals surface area contributed by atoms with Crippen LogP contribution in [-0.4, -0.2) is 11.1 Å². The largest absolute Gasteiger partial charge is 0.423 e. The van der Waals surface area contributed by atoms with Gasteiger partial charge in [-0.3, -0.25) is 0 Å². The zero-order valence-electron chi connectivity index (χ0n) is 16.6. The minimum absolute atomic E-state index is 0.0320. The fourth-order valence-electron chi connectivity index (χ4n) is 3.01. The smallest absolute Gasteiger partial charge is 0.346 e. The fourth-order valence-corrected chi connectivity index (χ4v) is 3.11. The zero-order chi connectivity index (χ0) is 22.4. The summed E-state index contributed by atoms with van der Waals surface area (Å²) < 4.78 is 48.1.